The molecule has 0 unspecified atom stereocenters. The van der Waals surface area contributed by atoms with Gasteiger partial charge >= 0.3 is 5.97 Å². The Morgan fingerprint density at radius 2 is 1.50 bits per heavy atom. The van der Waals surface area contributed by atoms with E-state index in [1.807, 2.05) is 60.7 Å². The molecular formula is C17H15NO2. The van der Waals surface area contributed by atoms with E-state index in [1.54, 1.807) is 0 Å². The van der Waals surface area contributed by atoms with Crippen molar-refractivity contribution in [3.05, 3.63) is 71.8 Å². The van der Waals surface area contributed by atoms with Crippen LogP contribution in [0.25, 0.3) is 5.57 Å². The van der Waals surface area contributed by atoms with Gasteiger partial charge in [0.05, 0.1) is 12.7 Å². The topological polar surface area (TPSA) is 38.7 Å². The average molecular weight is 265 g/mol. The van der Waals surface area contributed by atoms with Crippen LogP contribution < -0.4 is 0 Å². The zero-order chi connectivity index (χ0) is 14.2. The quantitative estimate of drug-likeness (QED) is 0.629. The van der Waals surface area contributed by atoms with Crippen molar-refractivity contribution in [3.63, 3.8) is 0 Å². The first-order valence-corrected chi connectivity index (χ1v) is 6.28. The number of aliphatic imine (C=N–C) groups is 1. The highest BCUT2D eigenvalue weighted by molar-refractivity contribution is 5.99. The molecule has 0 bridgehead atoms. The zero-order valence-electron chi connectivity index (χ0n) is 11.2. The molecule has 2 aromatic rings. The molecule has 3 heteroatoms. The molecule has 0 amide bonds. The van der Waals surface area contributed by atoms with Crippen molar-refractivity contribution in [2.45, 2.75) is 0 Å². The van der Waals surface area contributed by atoms with Crippen molar-refractivity contribution in [3.8, 4) is 0 Å². The SMILES string of the molecule is COC(=O)CN=C=C(c1ccccc1)c1ccccc1. The van der Waals surface area contributed by atoms with Crippen molar-refractivity contribution in [2.24, 2.45) is 4.99 Å². The van der Waals surface area contributed by atoms with Crippen LogP contribution in [-0.4, -0.2) is 25.5 Å². The fourth-order valence-corrected chi connectivity index (χ4v) is 1.75. The lowest BCUT2D eigenvalue weighted by Gasteiger charge is -2.04. The van der Waals surface area contributed by atoms with Gasteiger partial charge in [0.25, 0.3) is 0 Å². The number of hydrogen-bond acceptors (Lipinski definition) is 3. The third kappa shape index (κ3) is 3.67. The van der Waals surface area contributed by atoms with E-state index in [1.165, 1.54) is 7.11 Å². The van der Waals surface area contributed by atoms with Crippen molar-refractivity contribution in [1.29, 1.82) is 0 Å². The molecule has 0 heterocycles. The molecule has 0 aromatic heterocycles. The van der Waals surface area contributed by atoms with Gasteiger partial charge in [-0.2, -0.15) is 0 Å². The van der Waals surface area contributed by atoms with Gasteiger partial charge < -0.3 is 4.74 Å². The summed E-state index contributed by atoms with van der Waals surface area (Å²) in [6.07, 6.45) is 0. The number of benzene rings is 2. The van der Waals surface area contributed by atoms with Gasteiger partial charge in [0.2, 0.25) is 0 Å². The van der Waals surface area contributed by atoms with Gasteiger partial charge in [-0.15, -0.1) is 0 Å². The molecule has 0 spiro atoms. The van der Waals surface area contributed by atoms with Gasteiger partial charge in [0.15, 0.2) is 0 Å². The van der Waals surface area contributed by atoms with E-state index < -0.39 is 0 Å². The van der Waals surface area contributed by atoms with Crippen molar-refractivity contribution >= 4 is 17.4 Å². The monoisotopic (exact) mass is 265 g/mol. The third-order valence-corrected chi connectivity index (χ3v) is 2.75. The van der Waals surface area contributed by atoms with Gasteiger partial charge in [-0.1, -0.05) is 60.7 Å². The summed E-state index contributed by atoms with van der Waals surface area (Å²) >= 11 is 0. The lowest BCUT2D eigenvalue weighted by Crippen LogP contribution is -2.03. The summed E-state index contributed by atoms with van der Waals surface area (Å²) in [6, 6.07) is 19.7. The second kappa shape index (κ2) is 7.07. The summed E-state index contributed by atoms with van der Waals surface area (Å²) in [5.41, 5.74) is 2.87. The first kappa shape index (κ1) is 13.8. The molecule has 2 rings (SSSR count). The lowest BCUT2D eigenvalue weighted by atomic mass is 10.00. The maximum Gasteiger partial charge on any atom is 0.328 e. The molecule has 0 fully saturated rings. The highest BCUT2D eigenvalue weighted by Crippen LogP contribution is 2.20. The van der Waals surface area contributed by atoms with E-state index in [-0.39, 0.29) is 12.5 Å². The zero-order valence-corrected chi connectivity index (χ0v) is 11.2. The number of nitrogens with zero attached hydrogens (tertiary/aromatic N) is 1. The summed E-state index contributed by atoms with van der Waals surface area (Å²) in [6.45, 7) is -0.0281. The van der Waals surface area contributed by atoms with Crippen LogP contribution >= 0.6 is 0 Å². The first-order valence-electron chi connectivity index (χ1n) is 6.28. The molecule has 0 saturated heterocycles. The van der Waals surface area contributed by atoms with Crippen molar-refractivity contribution in [2.75, 3.05) is 13.7 Å². The van der Waals surface area contributed by atoms with E-state index in [4.69, 9.17) is 0 Å². The molecule has 0 aliphatic carbocycles. The summed E-state index contributed by atoms with van der Waals surface area (Å²) in [4.78, 5) is 15.1. The number of rotatable bonds is 4. The van der Waals surface area contributed by atoms with E-state index in [0.29, 0.717) is 0 Å². The van der Waals surface area contributed by atoms with E-state index >= 15 is 0 Å². The summed E-state index contributed by atoms with van der Waals surface area (Å²) < 4.78 is 4.56. The number of hydrogen-bond donors (Lipinski definition) is 0. The van der Waals surface area contributed by atoms with Crippen LogP contribution in [0.2, 0.25) is 0 Å². The first-order chi connectivity index (χ1) is 9.81. The summed E-state index contributed by atoms with van der Waals surface area (Å²) in [7, 11) is 1.34. The van der Waals surface area contributed by atoms with Crippen LogP contribution in [0.5, 0.6) is 0 Å². The number of ether oxygens (including phenoxy) is 1. The van der Waals surface area contributed by atoms with E-state index in [2.05, 4.69) is 15.6 Å². The molecule has 3 nitrogen and oxygen atoms in total. The molecule has 0 N–H and O–H groups in total. The number of carbonyl (C=O) groups excluding carboxylic acids is 1. The van der Waals surface area contributed by atoms with Crippen LogP contribution in [0.4, 0.5) is 0 Å². The minimum Gasteiger partial charge on any atom is -0.468 e. The Labute approximate surface area is 118 Å². The largest absolute Gasteiger partial charge is 0.468 e. The number of methoxy groups -OCH3 is 1. The molecule has 0 saturated carbocycles. The molecule has 20 heavy (non-hydrogen) atoms. The van der Waals surface area contributed by atoms with Crippen molar-refractivity contribution < 1.29 is 9.53 Å². The summed E-state index contributed by atoms with van der Waals surface area (Å²) in [5.74, 6) is 2.58. The van der Waals surface area contributed by atoms with Crippen LogP contribution in [0.3, 0.4) is 0 Å². The Balaban J connectivity index is 2.40. The molecule has 0 aliphatic heterocycles. The number of esters is 1. The predicted octanol–water partition coefficient (Wildman–Crippen LogP) is 2.96. The Morgan fingerprint density at radius 1 is 1.00 bits per heavy atom. The Kier molecular flexibility index (Phi) is 4.87. The summed E-state index contributed by atoms with van der Waals surface area (Å²) in [5, 5.41) is 0. The maximum absolute atomic E-state index is 11.1. The molecule has 0 aliphatic rings. The van der Waals surface area contributed by atoms with Gasteiger partial charge in [-0.05, 0) is 17.0 Å². The van der Waals surface area contributed by atoms with Gasteiger partial charge in [0.1, 0.15) is 6.54 Å². The Hall–Kier alpha value is -2.64. The molecule has 100 valence electrons. The normalized spacial score (nSPS) is 9.45. The van der Waals surface area contributed by atoms with Gasteiger partial charge in [-0.3, -0.25) is 4.79 Å². The standard InChI is InChI=1S/C17H15NO2/c1-20-17(19)13-18-12-16(14-8-4-2-5-9-14)15-10-6-3-7-11-15/h2-11H,13H2,1H3. The van der Waals surface area contributed by atoms with Crippen LogP contribution in [0.15, 0.2) is 65.7 Å². The second-order valence-corrected chi connectivity index (χ2v) is 4.11. The predicted molar refractivity (Wildman–Crippen MR) is 79.7 cm³/mol. The van der Waals surface area contributed by atoms with Crippen LogP contribution in [0, 0.1) is 0 Å². The smallest absolute Gasteiger partial charge is 0.328 e. The number of carbonyl (C=O) groups is 1. The molecule has 0 radical (unpaired) electrons. The van der Waals surface area contributed by atoms with Gasteiger partial charge in [0, 0.05) is 0 Å². The average Bonchev–Trinajstić information content (AvgIpc) is 2.53. The maximum atomic E-state index is 11.1. The minimum atomic E-state index is -0.377. The highest BCUT2D eigenvalue weighted by Gasteiger charge is 2.04. The molecule has 0 atom stereocenters. The fraction of sp³-hybridized carbons (Fsp3) is 0.118. The molecule has 2 aromatic carbocycles. The molecular weight excluding hydrogens is 250 g/mol. The van der Waals surface area contributed by atoms with Crippen LogP contribution in [-0.2, 0) is 9.53 Å². The highest BCUT2D eigenvalue weighted by atomic mass is 16.5. The van der Waals surface area contributed by atoms with E-state index in [0.717, 1.165) is 16.7 Å². The second-order valence-electron chi connectivity index (χ2n) is 4.11. The Morgan fingerprint density at radius 3 is 1.95 bits per heavy atom. The van der Waals surface area contributed by atoms with E-state index in [9.17, 15) is 4.79 Å². The van der Waals surface area contributed by atoms with Gasteiger partial charge in [-0.25, -0.2) is 4.99 Å². The fourth-order valence-electron chi connectivity index (χ4n) is 1.75. The van der Waals surface area contributed by atoms with Crippen molar-refractivity contribution in [1.82, 2.24) is 0 Å². The Bertz CT molecular complexity index is 585. The third-order valence-electron chi connectivity index (χ3n) is 2.75. The minimum absolute atomic E-state index is 0.0281. The van der Waals surface area contributed by atoms with Crippen LogP contribution in [0.1, 0.15) is 11.1 Å². The lowest BCUT2D eigenvalue weighted by molar-refractivity contribution is -0.138.